The Morgan fingerprint density at radius 1 is 1.16 bits per heavy atom. The van der Waals surface area contributed by atoms with Crippen LogP contribution in [-0.2, 0) is 10.0 Å². The molecular formula is C11H14N4O3S. The van der Waals surface area contributed by atoms with Crippen LogP contribution in [0.1, 0.15) is 19.3 Å². The van der Waals surface area contributed by atoms with Crippen molar-refractivity contribution < 1.29 is 8.42 Å². The minimum absolute atomic E-state index is 0.130. The van der Waals surface area contributed by atoms with Crippen molar-refractivity contribution in [1.82, 2.24) is 18.9 Å². The number of rotatable bonds is 2. The van der Waals surface area contributed by atoms with Crippen molar-refractivity contribution in [2.24, 2.45) is 0 Å². The molecule has 0 radical (unpaired) electrons. The molecule has 1 aliphatic heterocycles. The number of sulfonamides is 1. The fraction of sp³-hybridized carbons (Fsp3) is 0.455. The first-order valence-electron chi connectivity index (χ1n) is 6.16. The third kappa shape index (κ3) is 2.06. The fourth-order valence-corrected chi connectivity index (χ4v) is 3.81. The maximum Gasteiger partial charge on any atom is 0.347 e. The van der Waals surface area contributed by atoms with Gasteiger partial charge in [-0.1, -0.05) is 6.42 Å². The highest BCUT2D eigenvalue weighted by atomic mass is 32.2. The number of hydrogen-bond donors (Lipinski definition) is 1. The monoisotopic (exact) mass is 282 g/mol. The average Bonchev–Trinajstić information content (AvgIpc) is 2.81. The van der Waals surface area contributed by atoms with E-state index in [1.165, 1.54) is 27.0 Å². The predicted octanol–water partition coefficient (Wildman–Crippen LogP) is 0.197. The lowest BCUT2D eigenvalue weighted by atomic mass is 10.2. The van der Waals surface area contributed by atoms with Crippen molar-refractivity contribution in [1.29, 1.82) is 0 Å². The van der Waals surface area contributed by atoms with Crippen LogP contribution in [0.25, 0.3) is 5.65 Å². The Bertz CT molecular complexity index is 756. The summed E-state index contributed by atoms with van der Waals surface area (Å²) in [5, 5.41) is 6.05. The summed E-state index contributed by atoms with van der Waals surface area (Å²) in [7, 11) is -3.52. The van der Waals surface area contributed by atoms with E-state index in [4.69, 9.17) is 0 Å². The summed E-state index contributed by atoms with van der Waals surface area (Å²) < 4.78 is 27.6. The molecule has 0 spiro atoms. The van der Waals surface area contributed by atoms with E-state index < -0.39 is 15.7 Å². The minimum atomic E-state index is -3.52. The number of hydrogen-bond acceptors (Lipinski definition) is 4. The van der Waals surface area contributed by atoms with Gasteiger partial charge in [0.15, 0.2) is 5.65 Å². The van der Waals surface area contributed by atoms with Gasteiger partial charge in [-0.3, -0.25) is 0 Å². The molecular weight excluding hydrogens is 268 g/mol. The fourth-order valence-electron chi connectivity index (χ4n) is 2.29. The Morgan fingerprint density at radius 2 is 1.89 bits per heavy atom. The third-order valence-corrected chi connectivity index (χ3v) is 5.22. The van der Waals surface area contributed by atoms with Crippen LogP contribution in [-0.4, -0.2) is 40.4 Å². The van der Waals surface area contributed by atoms with Gasteiger partial charge < -0.3 is 0 Å². The summed E-state index contributed by atoms with van der Waals surface area (Å²) in [5.41, 5.74) is -0.0340. The molecule has 8 heteroatoms. The van der Waals surface area contributed by atoms with Crippen molar-refractivity contribution in [2.75, 3.05) is 13.1 Å². The maximum atomic E-state index is 12.4. The summed E-state index contributed by atoms with van der Waals surface area (Å²) in [5.74, 6) is 0. The number of piperidine rings is 1. The molecule has 0 amide bonds. The van der Waals surface area contributed by atoms with Crippen LogP contribution < -0.4 is 5.69 Å². The second-order valence-electron chi connectivity index (χ2n) is 4.59. The van der Waals surface area contributed by atoms with Gasteiger partial charge in [-0.25, -0.2) is 22.7 Å². The number of pyridine rings is 1. The first kappa shape index (κ1) is 12.4. The highest BCUT2D eigenvalue weighted by molar-refractivity contribution is 7.89. The van der Waals surface area contributed by atoms with Gasteiger partial charge in [-0.05, 0) is 25.0 Å². The topological polar surface area (TPSA) is 87.5 Å². The summed E-state index contributed by atoms with van der Waals surface area (Å²) >= 11 is 0. The zero-order valence-corrected chi connectivity index (χ0v) is 11.1. The largest absolute Gasteiger partial charge is 0.347 e. The predicted molar refractivity (Wildman–Crippen MR) is 68.4 cm³/mol. The number of aromatic amines is 1. The highest BCUT2D eigenvalue weighted by Crippen LogP contribution is 2.20. The van der Waals surface area contributed by atoms with Gasteiger partial charge in [0.25, 0.3) is 0 Å². The minimum Gasteiger partial charge on any atom is -0.249 e. The summed E-state index contributed by atoms with van der Waals surface area (Å²) in [4.78, 5) is 11.6. The van der Waals surface area contributed by atoms with Crippen molar-refractivity contribution >= 4 is 15.7 Å². The standard InChI is InChI=1S/C11H14N4O3S/c16-11-13-12-10-5-4-9(8-15(10)11)19(17,18)14-6-2-1-3-7-14/h4-5,8H,1-3,6-7H2,(H,13,16). The molecule has 1 aliphatic rings. The van der Waals surface area contributed by atoms with E-state index in [0.29, 0.717) is 18.7 Å². The molecule has 0 unspecified atom stereocenters. The molecule has 1 N–H and O–H groups in total. The molecule has 2 aromatic heterocycles. The second kappa shape index (κ2) is 4.46. The van der Waals surface area contributed by atoms with Crippen molar-refractivity contribution in [3.8, 4) is 0 Å². The Hall–Kier alpha value is -1.67. The van der Waals surface area contributed by atoms with Gasteiger partial charge in [-0.15, -0.1) is 0 Å². The quantitative estimate of drug-likeness (QED) is 0.852. The molecule has 0 atom stereocenters. The number of fused-ring (bicyclic) bond motifs is 1. The summed E-state index contributed by atoms with van der Waals surface area (Å²) in [6.07, 6.45) is 4.15. The molecule has 1 fully saturated rings. The van der Waals surface area contributed by atoms with E-state index in [9.17, 15) is 13.2 Å². The Morgan fingerprint density at radius 3 is 2.63 bits per heavy atom. The normalized spacial score (nSPS) is 17.9. The molecule has 19 heavy (non-hydrogen) atoms. The third-order valence-electron chi connectivity index (χ3n) is 3.34. The van der Waals surface area contributed by atoms with Gasteiger partial charge >= 0.3 is 5.69 Å². The number of aromatic nitrogens is 3. The van der Waals surface area contributed by atoms with E-state index in [0.717, 1.165) is 19.3 Å². The van der Waals surface area contributed by atoms with Gasteiger partial charge in [-0.2, -0.15) is 9.40 Å². The SMILES string of the molecule is O=c1[nH]nc2ccc(S(=O)(=O)N3CCCCC3)cn12. The van der Waals surface area contributed by atoms with Crippen LogP contribution in [0.2, 0.25) is 0 Å². The van der Waals surface area contributed by atoms with E-state index in [-0.39, 0.29) is 4.90 Å². The van der Waals surface area contributed by atoms with Gasteiger partial charge in [0, 0.05) is 19.3 Å². The molecule has 3 heterocycles. The summed E-state index contributed by atoms with van der Waals surface area (Å²) in [6.45, 7) is 1.08. The molecule has 0 aliphatic carbocycles. The van der Waals surface area contributed by atoms with Gasteiger partial charge in [0.05, 0.1) is 4.90 Å². The number of nitrogens with one attached hydrogen (secondary N) is 1. The zero-order chi connectivity index (χ0) is 13.5. The van der Waals surface area contributed by atoms with Crippen molar-refractivity contribution in [2.45, 2.75) is 24.2 Å². The van der Waals surface area contributed by atoms with Crippen LogP contribution in [0.3, 0.4) is 0 Å². The summed E-state index contributed by atoms with van der Waals surface area (Å²) in [6, 6.07) is 3.01. The smallest absolute Gasteiger partial charge is 0.249 e. The lowest BCUT2D eigenvalue weighted by Crippen LogP contribution is -2.35. The Labute approximate surface area is 109 Å². The first-order chi connectivity index (χ1) is 9.09. The van der Waals surface area contributed by atoms with Crippen LogP contribution in [0.4, 0.5) is 0 Å². The van der Waals surface area contributed by atoms with Crippen LogP contribution in [0.15, 0.2) is 28.0 Å². The van der Waals surface area contributed by atoms with Gasteiger partial charge in [0.2, 0.25) is 10.0 Å². The zero-order valence-electron chi connectivity index (χ0n) is 10.2. The van der Waals surface area contributed by atoms with E-state index >= 15 is 0 Å². The molecule has 3 rings (SSSR count). The second-order valence-corrected chi connectivity index (χ2v) is 6.52. The van der Waals surface area contributed by atoms with Crippen molar-refractivity contribution in [3.63, 3.8) is 0 Å². The lowest BCUT2D eigenvalue weighted by Gasteiger charge is -2.25. The van der Waals surface area contributed by atoms with Crippen LogP contribution in [0, 0.1) is 0 Å². The molecule has 0 aromatic carbocycles. The van der Waals surface area contributed by atoms with E-state index in [1.54, 1.807) is 0 Å². The first-order valence-corrected chi connectivity index (χ1v) is 7.60. The lowest BCUT2D eigenvalue weighted by molar-refractivity contribution is 0.346. The van der Waals surface area contributed by atoms with Crippen LogP contribution in [0.5, 0.6) is 0 Å². The Balaban J connectivity index is 2.07. The molecule has 102 valence electrons. The molecule has 1 saturated heterocycles. The molecule has 0 saturated carbocycles. The van der Waals surface area contributed by atoms with Crippen molar-refractivity contribution in [3.05, 3.63) is 28.8 Å². The van der Waals surface area contributed by atoms with E-state index in [1.807, 2.05) is 0 Å². The molecule has 2 aromatic rings. The van der Waals surface area contributed by atoms with Gasteiger partial charge in [0.1, 0.15) is 0 Å². The Kier molecular flexibility index (Phi) is 2.90. The van der Waals surface area contributed by atoms with Crippen LogP contribution >= 0.6 is 0 Å². The van der Waals surface area contributed by atoms with E-state index in [2.05, 4.69) is 10.2 Å². The highest BCUT2D eigenvalue weighted by Gasteiger charge is 2.26. The average molecular weight is 282 g/mol. The number of H-pyrrole nitrogens is 1. The maximum absolute atomic E-state index is 12.4. The molecule has 0 bridgehead atoms. The molecule has 7 nitrogen and oxygen atoms in total. The number of nitrogens with zero attached hydrogens (tertiary/aromatic N) is 3.